The Morgan fingerprint density at radius 1 is 1.22 bits per heavy atom. The molecule has 2 aliphatic rings. The number of nitro groups is 1. The van der Waals surface area contributed by atoms with Gasteiger partial charge in [0.15, 0.2) is 6.04 Å². The highest BCUT2D eigenvalue weighted by Gasteiger charge is 2.54. The molecule has 3 heterocycles. The molecule has 2 aliphatic heterocycles. The van der Waals surface area contributed by atoms with E-state index in [4.69, 9.17) is 13.9 Å². The third kappa shape index (κ3) is 4.85. The Hall–Kier alpha value is -4.38. The fourth-order valence-corrected chi connectivity index (χ4v) is 5.36. The van der Waals surface area contributed by atoms with Gasteiger partial charge in [-0.25, -0.2) is 4.79 Å². The smallest absolute Gasteiger partial charge is 0.355 e. The Morgan fingerprint density at radius 3 is 2.62 bits per heavy atom. The van der Waals surface area contributed by atoms with Crippen LogP contribution in [0, 0.1) is 10.1 Å². The Kier molecular flexibility index (Phi) is 6.78. The molecule has 1 aromatic heterocycles. The number of thioether (sulfide) groups is 1. The summed E-state index contributed by atoms with van der Waals surface area (Å²) in [5.41, 5.74) is 2.11. The number of carbonyl (C=O) groups is 2. The van der Waals surface area contributed by atoms with E-state index in [2.05, 4.69) is 4.99 Å². The molecule has 11 heteroatoms. The number of benzene rings is 2. The van der Waals surface area contributed by atoms with Crippen molar-refractivity contribution in [2.45, 2.75) is 18.0 Å². The lowest BCUT2D eigenvalue weighted by Gasteiger charge is -2.47. The molecule has 0 spiro atoms. The average molecular weight is 520 g/mol. The van der Waals surface area contributed by atoms with Crippen LogP contribution in [-0.2, 0) is 20.9 Å². The van der Waals surface area contributed by atoms with Crippen molar-refractivity contribution >= 4 is 41.1 Å². The van der Waals surface area contributed by atoms with Crippen LogP contribution in [0.2, 0.25) is 0 Å². The van der Waals surface area contributed by atoms with Gasteiger partial charge in [-0.3, -0.25) is 24.8 Å². The molecule has 1 amide bonds. The van der Waals surface area contributed by atoms with Crippen molar-refractivity contribution in [1.82, 2.24) is 4.90 Å². The molecule has 0 aliphatic carbocycles. The highest BCUT2D eigenvalue weighted by atomic mass is 32.2. The number of non-ortho nitro benzene ring substituents is 1. The van der Waals surface area contributed by atoms with Crippen molar-refractivity contribution in [1.29, 1.82) is 0 Å². The van der Waals surface area contributed by atoms with E-state index in [0.29, 0.717) is 28.4 Å². The zero-order chi connectivity index (χ0) is 25.9. The molecule has 0 bridgehead atoms. The number of fused-ring (bicyclic) bond motifs is 1. The molecule has 37 heavy (non-hydrogen) atoms. The van der Waals surface area contributed by atoms with Crippen LogP contribution in [0.25, 0.3) is 5.57 Å². The molecule has 2 aromatic carbocycles. The second kappa shape index (κ2) is 10.3. The van der Waals surface area contributed by atoms with Gasteiger partial charge in [-0.2, -0.15) is 0 Å². The third-order valence-electron chi connectivity index (χ3n) is 5.97. The number of furan rings is 1. The molecule has 1 saturated heterocycles. The summed E-state index contributed by atoms with van der Waals surface area (Å²) in [6.45, 7) is 0.0271. The van der Waals surface area contributed by atoms with Crippen LogP contribution in [0.4, 0.5) is 5.69 Å². The van der Waals surface area contributed by atoms with Crippen LogP contribution in [-0.4, -0.2) is 52.2 Å². The highest BCUT2D eigenvalue weighted by Crippen LogP contribution is 2.44. The minimum absolute atomic E-state index is 0.0271. The van der Waals surface area contributed by atoms with E-state index in [1.807, 2.05) is 0 Å². The number of β-lactam (4-membered cyclic amide) rings is 1. The van der Waals surface area contributed by atoms with Crippen molar-refractivity contribution in [3.8, 4) is 5.75 Å². The summed E-state index contributed by atoms with van der Waals surface area (Å²) in [5, 5.41) is 10.5. The van der Waals surface area contributed by atoms with Gasteiger partial charge in [0.05, 0.1) is 18.3 Å². The molecule has 3 aromatic rings. The zero-order valence-corrected chi connectivity index (χ0v) is 20.4. The first-order valence-electron chi connectivity index (χ1n) is 11.3. The number of nitrogens with zero attached hydrogens (tertiary/aromatic N) is 3. The van der Waals surface area contributed by atoms with Gasteiger partial charge in [0.25, 0.3) is 11.6 Å². The van der Waals surface area contributed by atoms with Crippen molar-refractivity contribution in [2.75, 3.05) is 12.9 Å². The van der Waals surface area contributed by atoms with Gasteiger partial charge < -0.3 is 13.9 Å². The monoisotopic (exact) mass is 519 g/mol. The zero-order valence-electron chi connectivity index (χ0n) is 19.6. The lowest BCUT2D eigenvalue weighted by molar-refractivity contribution is -0.384. The number of hydrogen-bond acceptors (Lipinski definition) is 9. The predicted octanol–water partition coefficient (Wildman–Crippen LogP) is 4.05. The van der Waals surface area contributed by atoms with Crippen LogP contribution in [0.5, 0.6) is 5.75 Å². The number of esters is 1. The molecule has 0 radical (unpaired) electrons. The number of rotatable bonds is 8. The van der Waals surface area contributed by atoms with Crippen molar-refractivity contribution in [2.24, 2.45) is 4.99 Å². The summed E-state index contributed by atoms with van der Waals surface area (Å²) in [5.74, 6) is 0.650. The Labute approximate surface area is 215 Å². The van der Waals surface area contributed by atoms with Gasteiger partial charge in [0.2, 0.25) is 0 Å². The third-order valence-corrected chi connectivity index (χ3v) is 7.23. The lowest BCUT2D eigenvalue weighted by atomic mass is 10.0. The van der Waals surface area contributed by atoms with Gasteiger partial charge in [0.1, 0.15) is 29.2 Å². The van der Waals surface area contributed by atoms with Crippen LogP contribution in [0.1, 0.15) is 16.9 Å². The number of carbonyl (C=O) groups excluding carboxylic acids is 2. The Morgan fingerprint density at radius 2 is 1.97 bits per heavy atom. The first-order chi connectivity index (χ1) is 18.0. The van der Waals surface area contributed by atoms with Gasteiger partial charge in [-0.15, -0.1) is 11.8 Å². The standard InChI is InChI=1S/C26H21N3O7S/c1-34-19-10-6-17(7-11-19)14-36-26(31)23-20(21-3-2-12-35-21)15-37-25-22(24(30)28(23)25)27-13-16-4-8-18(9-5-16)29(32)33/h2-13,22,25H,14-15H2,1H3/b27-13+/t22-,25+/m0/s1. The van der Waals surface area contributed by atoms with Crippen LogP contribution in [0.3, 0.4) is 0 Å². The maximum absolute atomic E-state index is 13.3. The van der Waals surface area contributed by atoms with E-state index in [0.717, 1.165) is 5.56 Å². The van der Waals surface area contributed by atoms with E-state index in [-0.39, 0.29) is 29.3 Å². The van der Waals surface area contributed by atoms with E-state index < -0.39 is 16.9 Å². The van der Waals surface area contributed by atoms with Gasteiger partial charge >= 0.3 is 5.97 Å². The lowest BCUT2D eigenvalue weighted by Crippen LogP contribution is -2.64. The summed E-state index contributed by atoms with van der Waals surface area (Å²) in [6.07, 6.45) is 3.02. The fourth-order valence-electron chi connectivity index (χ4n) is 4.02. The molecule has 5 rings (SSSR count). The minimum atomic E-state index is -0.692. The van der Waals surface area contributed by atoms with Crippen molar-refractivity contribution in [3.63, 3.8) is 0 Å². The maximum atomic E-state index is 13.3. The first kappa shape index (κ1) is 24.3. The van der Waals surface area contributed by atoms with E-state index >= 15 is 0 Å². The predicted molar refractivity (Wildman–Crippen MR) is 136 cm³/mol. The van der Waals surface area contributed by atoms with Crippen LogP contribution in [0.15, 0.2) is 82.0 Å². The minimum Gasteiger partial charge on any atom is -0.497 e. The molecule has 0 N–H and O–H groups in total. The number of hydrogen-bond donors (Lipinski definition) is 0. The molecule has 1 fully saturated rings. The van der Waals surface area contributed by atoms with Gasteiger partial charge in [-0.1, -0.05) is 12.1 Å². The molecule has 2 atom stereocenters. The van der Waals surface area contributed by atoms with Crippen molar-refractivity contribution < 1.29 is 28.4 Å². The van der Waals surface area contributed by atoms with E-state index in [1.54, 1.807) is 55.6 Å². The number of methoxy groups -OCH3 is 1. The molecular formula is C26H21N3O7S. The topological polar surface area (TPSA) is 124 Å². The Balaban J connectivity index is 1.35. The van der Waals surface area contributed by atoms with Gasteiger partial charge in [0, 0.05) is 29.7 Å². The summed E-state index contributed by atoms with van der Waals surface area (Å²) < 4.78 is 16.3. The van der Waals surface area contributed by atoms with E-state index in [9.17, 15) is 19.7 Å². The van der Waals surface area contributed by atoms with Gasteiger partial charge in [-0.05, 0) is 47.5 Å². The second-order valence-electron chi connectivity index (χ2n) is 8.21. The summed E-state index contributed by atoms with van der Waals surface area (Å²) in [7, 11) is 1.57. The number of aliphatic imine (C=N–C) groups is 1. The SMILES string of the molecule is COc1ccc(COC(=O)C2=C(c3ccco3)CS[C@@H]3[C@@H](/N=C/c4ccc([N+](=O)[O-])cc4)C(=O)N23)cc1. The fraction of sp³-hybridized carbons (Fsp3) is 0.192. The number of nitro benzene ring substituents is 1. The van der Waals surface area contributed by atoms with Crippen LogP contribution >= 0.6 is 11.8 Å². The molecule has 0 saturated carbocycles. The quantitative estimate of drug-likeness (QED) is 0.144. The van der Waals surface area contributed by atoms with Crippen LogP contribution < -0.4 is 4.74 Å². The molecule has 0 unspecified atom stereocenters. The van der Waals surface area contributed by atoms with Crippen molar-refractivity contribution in [3.05, 3.63) is 99.6 Å². The molecular weight excluding hydrogens is 498 g/mol. The molecule has 10 nitrogen and oxygen atoms in total. The maximum Gasteiger partial charge on any atom is 0.355 e. The normalized spacial score (nSPS) is 18.9. The molecule has 188 valence electrons. The average Bonchev–Trinajstić information content (AvgIpc) is 3.46. The summed E-state index contributed by atoms with van der Waals surface area (Å²) in [4.78, 5) is 42.6. The largest absolute Gasteiger partial charge is 0.497 e. The summed E-state index contributed by atoms with van der Waals surface area (Å²) >= 11 is 1.47. The Bertz CT molecular complexity index is 1380. The second-order valence-corrected chi connectivity index (χ2v) is 9.32. The van der Waals surface area contributed by atoms with E-state index in [1.165, 1.54) is 41.3 Å². The summed E-state index contributed by atoms with van der Waals surface area (Å²) in [6, 6.07) is 15.8. The first-order valence-corrected chi connectivity index (χ1v) is 12.3. The number of amides is 1. The highest BCUT2D eigenvalue weighted by molar-refractivity contribution is 8.00. The number of ether oxygens (including phenoxy) is 2.